The summed E-state index contributed by atoms with van der Waals surface area (Å²) in [5, 5.41) is 19.5. The van der Waals surface area contributed by atoms with Gasteiger partial charge in [-0.05, 0) is 0 Å². The predicted molar refractivity (Wildman–Crippen MR) is 48.1 cm³/mol. The fourth-order valence-electron chi connectivity index (χ4n) is 1.02. The minimum absolute atomic E-state index is 0.356. The Balaban J connectivity index is 3.36. The van der Waals surface area contributed by atoms with Crippen LogP contribution in [0.3, 0.4) is 0 Å². The largest absolute Gasteiger partial charge is 0.507 e. The zero-order valence-electron chi connectivity index (χ0n) is 7.44. The van der Waals surface area contributed by atoms with Crippen molar-refractivity contribution < 1.29 is 19.2 Å². The number of nitro benzene ring substituents is 1. The Bertz CT molecular complexity index is 433. The van der Waals surface area contributed by atoms with Crippen LogP contribution < -0.4 is 5.73 Å². The first-order chi connectivity index (χ1) is 6.97. The summed E-state index contributed by atoms with van der Waals surface area (Å²) in [5.41, 5.74) is 3.79. The molecule has 0 atom stereocenters. The molecule has 15 heavy (non-hydrogen) atoms. The monoisotopic (exact) mass is 214 g/mol. The van der Waals surface area contributed by atoms with Crippen molar-refractivity contribution in [3.63, 3.8) is 0 Å². The number of Topliss-reactive ketones (excluding diaryl/α,β-unsaturated/α-hetero) is 1. The van der Waals surface area contributed by atoms with Crippen LogP contribution in [0.4, 0.5) is 10.1 Å². The van der Waals surface area contributed by atoms with Crippen LogP contribution in [0.1, 0.15) is 10.4 Å². The van der Waals surface area contributed by atoms with Gasteiger partial charge in [-0.1, -0.05) is 0 Å². The van der Waals surface area contributed by atoms with E-state index < -0.39 is 34.5 Å². The van der Waals surface area contributed by atoms with Gasteiger partial charge in [0.25, 0.3) is 0 Å². The Labute approximate surface area is 83.3 Å². The van der Waals surface area contributed by atoms with Gasteiger partial charge >= 0.3 is 5.69 Å². The number of nitrogens with zero attached hydrogens (tertiary/aromatic N) is 1. The molecule has 0 bridgehead atoms. The molecule has 7 heteroatoms. The van der Waals surface area contributed by atoms with Crippen LogP contribution in [-0.4, -0.2) is 22.4 Å². The van der Waals surface area contributed by atoms with Crippen LogP contribution >= 0.6 is 0 Å². The molecule has 6 nitrogen and oxygen atoms in total. The van der Waals surface area contributed by atoms with E-state index in [4.69, 9.17) is 10.8 Å². The number of halogens is 1. The topological polar surface area (TPSA) is 106 Å². The van der Waals surface area contributed by atoms with Crippen LogP contribution in [0.15, 0.2) is 12.1 Å². The van der Waals surface area contributed by atoms with E-state index in [0.717, 1.165) is 0 Å². The molecule has 1 rings (SSSR count). The summed E-state index contributed by atoms with van der Waals surface area (Å²) in [6.45, 7) is -0.420. The zero-order valence-corrected chi connectivity index (χ0v) is 7.44. The molecule has 0 aliphatic rings. The molecule has 0 aliphatic heterocycles. The number of nitrogens with two attached hydrogens (primary N) is 1. The maximum atomic E-state index is 12.9. The van der Waals surface area contributed by atoms with Crippen molar-refractivity contribution in [2.75, 3.05) is 6.54 Å². The van der Waals surface area contributed by atoms with Crippen molar-refractivity contribution in [1.82, 2.24) is 0 Å². The second kappa shape index (κ2) is 4.01. The number of phenols is 1. The molecule has 1 aromatic rings. The lowest BCUT2D eigenvalue weighted by atomic mass is 10.1. The maximum Gasteiger partial charge on any atom is 0.305 e. The Morgan fingerprint density at radius 1 is 1.60 bits per heavy atom. The van der Waals surface area contributed by atoms with Gasteiger partial charge in [-0.2, -0.15) is 4.39 Å². The highest BCUT2D eigenvalue weighted by Crippen LogP contribution is 2.26. The lowest BCUT2D eigenvalue weighted by molar-refractivity contribution is -0.387. The number of phenolic OH excluding ortho intramolecular Hbond substituents is 1. The molecule has 3 N–H and O–H groups in total. The van der Waals surface area contributed by atoms with E-state index >= 15 is 0 Å². The average Bonchev–Trinajstić information content (AvgIpc) is 2.16. The molecule has 0 fully saturated rings. The average molecular weight is 214 g/mol. The third-order valence-electron chi connectivity index (χ3n) is 1.75. The standard InChI is InChI=1S/C8H7FN2O4/c9-5-2-7(12)4(8(13)3-10)1-6(5)11(14)15/h1-2,12H,3,10H2. The smallest absolute Gasteiger partial charge is 0.305 e. The number of carbonyl (C=O) groups is 1. The molecule has 0 radical (unpaired) electrons. The summed E-state index contributed by atoms with van der Waals surface area (Å²) in [7, 11) is 0. The summed E-state index contributed by atoms with van der Waals surface area (Å²) in [6.07, 6.45) is 0. The highest BCUT2D eigenvalue weighted by atomic mass is 19.1. The number of ketones is 1. The summed E-state index contributed by atoms with van der Waals surface area (Å²) < 4.78 is 12.9. The van der Waals surface area contributed by atoms with Crippen molar-refractivity contribution >= 4 is 11.5 Å². The van der Waals surface area contributed by atoms with Crippen LogP contribution in [0, 0.1) is 15.9 Å². The van der Waals surface area contributed by atoms with E-state index in [2.05, 4.69) is 0 Å². The highest BCUT2D eigenvalue weighted by Gasteiger charge is 2.20. The van der Waals surface area contributed by atoms with E-state index in [1.54, 1.807) is 0 Å². The summed E-state index contributed by atoms with van der Waals surface area (Å²) in [6, 6.07) is 1.18. The quantitative estimate of drug-likeness (QED) is 0.434. The second-order valence-electron chi connectivity index (χ2n) is 2.71. The van der Waals surface area contributed by atoms with Crippen molar-refractivity contribution in [1.29, 1.82) is 0 Å². The number of carbonyl (C=O) groups excluding carboxylic acids is 1. The van der Waals surface area contributed by atoms with E-state index in [-0.39, 0.29) is 5.56 Å². The third-order valence-corrected chi connectivity index (χ3v) is 1.75. The van der Waals surface area contributed by atoms with E-state index in [1.807, 2.05) is 0 Å². The molecule has 1 aromatic carbocycles. The molecule has 0 aliphatic carbocycles. The van der Waals surface area contributed by atoms with Gasteiger partial charge in [0.2, 0.25) is 5.82 Å². The molecular weight excluding hydrogens is 207 g/mol. The zero-order chi connectivity index (χ0) is 11.6. The third kappa shape index (κ3) is 2.08. The highest BCUT2D eigenvalue weighted by molar-refractivity contribution is 6.00. The number of hydrogen-bond donors (Lipinski definition) is 2. The normalized spacial score (nSPS) is 10.0. The molecule has 0 saturated carbocycles. The Hall–Kier alpha value is -2.02. The second-order valence-corrected chi connectivity index (χ2v) is 2.71. The van der Waals surface area contributed by atoms with Gasteiger partial charge in [0.1, 0.15) is 5.75 Å². The molecule has 0 heterocycles. The van der Waals surface area contributed by atoms with E-state index in [9.17, 15) is 19.3 Å². The van der Waals surface area contributed by atoms with Crippen LogP contribution in [0.5, 0.6) is 5.75 Å². The van der Waals surface area contributed by atoms with Crippen molar-refractivity contribution in [2.45, 2.75) is 0 Å². The first kappa shape index (κ1) is 11.1. The number of aromatic hydroxyl groups is 1. The fourth-order valence-corrected chi connectivity index (χ4v) is 1.02. The van der Waals surface area contributed by atoms with E-state index in [1.165, 1.54) is 0 Å². The van der Waals surface area contributed by atoms with Gasteiger partial charge in [0, 0.05) is 12.1 Å². The minimum Gasteiger partial charge on any atom is -0.507 e. The molecule has 0 aromatic heterocycles. The first-order valence-electron chi connectivity index (χ1n) is 3.87. The van der Waals surface area contributed by atoms with Gasteiger partial charge in [-0.15, -0.1) is 0 Å². The van der Waals surface area contributed by atoms with Gasteiger partial charge in [-0.3, -0.25) is 14.9 Å². The van der Waals surface area contributed by atoms with Gasteiger partial charge < -0.3 is 10.8 Å². The lowest BCUT2D eigenvalue weighted by Gasteiger charge is -2.02. The van der Waals surface area contributed by atoms with Gasteiger partial charge in [-0.25, -0.2) is 0 Å². The molecule has 0 unspecified atom stereocenters. The number of nitro groups is 1. The summed E-state index contributed by atoms with van der Waals surface area (Å²) in [4.78, 5) is 20.4. The number of benzene rings is 1. The summed E-state index contributed by atoms with van der Waals surface area (Å²) in [5.74, 6) is -2.56. The SMILES string of the molecule is NCC(=O)c1cc([N+](=O)[O-])c(F)cc1O. The van der Waals surface area contributed by atoms with Crippen LogP contribution in [0.2, 0.25) is 0 Å². The molecule has 0 spiro atoms. The van der Waals surface area contributed by atoms with Crippen molar-refractivity contribution in [3.05, 3.63) is 33.6 Å². The summed E-state index contributed by atoms with van der Waals surface area (Å²) >= 11 is 0. The number of hydrogen-bond acceptors (Lipinski definition) is 5. The van der Waals surface area contributed by atoms with Crippen LogP contribution in [0.25, 0.3) is 0 Å². The Morgan fingerprint density at radius 3 is 2.67 bits per heavy atom. The maximum absolute atomic E-state index is 12.9. The Kier molecular flexibility index (Phi) is 2.96. The molecule has 0 amide bonds. The van der Waals surface area contributed by atoms with Gasteiger partial charge in [0.15, 0.2) is 5.78 Å². The first-order valence-corrected chi connectivity index (χ1v) is 3.87. The molecule has 0 saturated heterocycles. The molecule has 80 valence electrons. The lowest BCUT2D eigenvalue weighted by Crippen LogP contribution is -2.14. The minimum atomic E-state index is -1.20. The molecular formula is C8H7FN2O4. The number of rotatable bonds is 3. The van der Waals surface area contributed by atoms with Crippen molar-refractivity contribution in [3.8, 4) is 5.75 Å². The van der Waals surface area contributed by atoms with Gasteiger partial charge in [0.05, 0.1) is 17.0 Å². The van der Waals surface area contributed by atoms with E-state index in [0.29, 0.717) is 12.1 Å². The Morgan fingerprint density at radius 2 is 2.20 bits per heavy atom. The fraction of sp³-hybridized carbons (Fsp3) is 0.125. The predicted octanol–water partition coefficient (Wildman–Crippen LogP) is 0.581. The van der Waals surface area contributed by atoms with Crippen molar-refractivity contribution in [2.24, 2.45) is 5.73 Å². The van der Waals surface area contributed by atoms with Crippen LogP contribution in [-0.2, 0) is 0 Å².